The zero-order valence-corrected chi connectivity index (χ0v) is 16.1. The largest absolute Gasteiger partial charge is 0.376 e. The van der Waals surface area contributed by atoms with E-state index in [1.807, 2.05) is 0 Å². The van der Waals surface area contributed by atoms with Gasteiger partial charge in [-0.3, -0.25) is 4.79 Å². The van der Waals surface area contributed by atoms with Gasteiger partial charge in [-0.2, -0.15) is 4.31 Å². The van der Waals surface area contributed by atoms with Crippen molar-refractivity contribution in [1.29, 1.82) is 0 Å². The van der Waals surface area contributed by atoms with Crippen molar-refractivity contribution in [3.05, 3.63) is 29.8 Å². The van der Waals surface area contributed by atoms with Gasteiger partial charge in [-0.05, 0) is 43.9 Å². The number of benzene rings is 1. The molecule has 0 saturated carbocycles. The van der Waals surface area contributed by atoms with Crippen molar-refractivity contribution in [2.75, 3.05) is 33.3 Å². The fraction of sp³-hybridized carbons (Fsp3) is 0.611. The van der Waals surface area contributed by atoms with Gasteiger partial charge in [-0.25, -0.2) is 17.2 Å². The topological polar surface area (TPSA) is 66.9 Å². The number of sulfonamides is 1. The summed E-state index contributed by atoms with van der Waals surface area (Å²) >= 11 is 0. The number of nitrogens with zero attached hydrogens (tertiary/aromatic N) is 2. The molecule has 2 aliphatic rings. The number of rotatable bonds is 5. The van der Waals surface area contributed by atoms with Crippen LogP contribution in [0.1, 0.15) is 25.7 Å². The molecular formula is C18H24F2N2O4S. The van der Waals surface area contributed by atoms with Gasteiger partial charge < -0.3 is 9.64 Å². The SMILES string of the molecule is CN(CC1CCCO1)C(=O)C1CCN(S(=O)(=O)c2cc(F)ccc2F)CC1. The summed E-state index contributed by atoms with van der Waals surface area (Å²) in [6.07, 6.45) is 2.71. The predicted molar refractivity (Wildman–Crippen MR) is 94.5 cm³/mol. The van der Waals surface area contributed by atoms with Crippen molar-refractivity contribution in [1.82, 2.24) is 9.21 Å². The van der Waals surface area contributed by atoms with Gasteiger partial charge in [0.05, 0.1) is 6.10 Å². The summed E-state index contributed by atoms with van der Waals surface area (Å²) in [6.45, 7) is 1.45. The van der Waals surface area contributed by atoms with Crippen LogP contribution < -0.4 is 0 Å². The lowest BCUT2D eigenvalue weighted by Gasteiger charge is -2.33. The van der Waals surface area contributed by atoms with Crippen LogP contribution >= 0.6 is 0 Å². The van der Waals surface area contributed by atoms with Crippen molar-refractivity contribution in [3.63, 3.8) is 0 Å². The van der Waals surface area contributed by atoms with E-state index in [-0.39, 0.29) is 31.0 Å². The highest BCUT2D eigenvalue weighted by molar-refractivity contribution is 7.89. The van der Waals surface area contributed by atoms with Gasteiger partial charge in [-0.15, -0.1) is 0 Å². The van der Waals surface area contributed by atoms with Crippen LogP contribution in [-0.2, 0) is 19.6 Å². The maximum Gasteiger partial charge on any atom is 0.246 e. The van der Waals surface area contributed by atoms with E-state index in [0.29, 0.717) is 25.5 Å². The van der Waals surface area contributed by atoms with Crippen molar-refractivity contribution in [2.45, 2.75) is 36.7 Å². The second-order valence-corrected chi connectivity index (χ2v) is 9.01. The van der Waals surface area contributed by atoms with E-state index in [1.54, 1.807) is 11.9 Å². The minimum absolute atomic E-state index is 0.0283. The van der Waals surface area contributed by atoms with Gasteiger partial charge in [0.25, 0.3) is 0 Å². The molecule has 3 rings (SSSR count). The number of hydrogen-bond donors (Lipinski definition) is 0. The van der Waals surface area contributed by atoms with Gasteiger partial charge in [0, 0.05) is 39.2 Å². The van der Waals surface area contributed by atoms with Crippen LogP contribution in [0.15, 0.2) is 23.1 Å². The highest BCUT2D eigenvalue weighted by atomic mass is 32.2. The molecule has 0 radical (unpaired) electrons. The summed E-state index contributed by atoms with van der Waals surface area (Å²) in [4.78, 5) is 13.6. The minimum Gasteiger partial charge on any atom is -0.376 e. The number of piperidine rings is 1. The zero-order valence-electron chi connectivity index (χ0n) is 15.2. The van der Waals surface area contributed by atoms with Gasteiger partial charge in [-0.1, -0.05) is 0 Å². The third kappa shape index (κ3) is 4.47. The van der Waals surface area contributed by atoms with Crippen LogP contribution in [0.25, 0.3) is 0 Å². The van der Waals surface area contributed by atoms with Gasteiger partial charge >= 0.3 is 0 Å². The summed E-state index contributed by atoms with van der Waals surface area (Å²) in [7, 11) is -2.40. The summed E-state index contributed by atoms with van der Waals surface area (Å²) in [5, 5.41) is 0. The van der Waals surface area contributed by atoms with Crippen molar-refractivity contribution in [2.24, 2.45) is 5.92 Å². The summed E-state index contributed by atoms with van der Waals surface area (Å²) < 4.78 is 59.1. The number of halogens is 2. The highest BCUT2D eigenvalue weighted by Crippen LogP contribution is 2.27. The van der Waals surface area contributed by atoms with Crippen LogP contribution in [0.2, 0.25) is 0 Å². The molecule has 2 aliphatic heterocycles. The van der Waals surface area contributed by atoms with Crippen molar-refractivity contribution < 1.29 is 26.7 Å². The third-order valence-corrected chi connectivity index (χ3v) is 7.11. The highest BCUT2D eigenvalue weighted by Gasteiger charge is 2.35. The Morgan fingerprint density at radius 3 is 2.59 bits per heavy atom. The Hall–Kier alpha value is -1.58. The van der Waals surface area contributed by atoms with E-state index >= 15 is 0 Å². The number of carbonyl (C=O) groups is 1. The Bertz CT molecular complexity index is 789. The standard InChI is InChI=1S/C18H24F2N2O4S/c1-21(12-15-3-2-10-26-15)18(23)13-6-8-22(9-7-13)27(24,25)17-11-14(19)4-5-16(17)20/h4-5,11,13,15H,2-3,6-10,12H2,1H3. The summed E-state index contributed by atoms with van der Waals surface area (Å²) in [5.74, 6) is -2.10. The molecule has 0 bridgehead atoms. The molecule has 2 fully saturated rings. The Morgan fingerprint density at radius 1 is 1.26 bits per heavy atom. The molecule has 1 unspecified atom stereocenters. The van der Waals surface area contributed by atoms with E-state index in [9.17, 15) is 22.0 Å². The number of likely N-dealkylation sites (N-methyl/N-ethyl adjacent to an activating group) is 1. The molecule has 6 nitrogen and oxygen atoms in total. The zero-order chi connectivity index (χ0) is 19.6. The fourth-order valence-corrected chi connectivity index (χ4v) is 5.20. The minimum atomic E-state index is -4.13. The predicted octanol–water partition coefficient (Wildman–Crippen LogP) is 2.00. The van der Waals surface area contributed by atoms with Gasteiger partial charge in [0.15, 0.2) is 0 Å². The van der Waals surface area contributed by atoms with Crippen LogP contribution in [0.3, 0.4) is 0 Å². The quantitative estimate of drug-likeness (QED) is 0.756. The first-order valence-corrected chi connectivity index (χ1v) is 10.5. The molecule has 150 valence electrons. The molecule has 0 N–H and O–H groups in total. The van der Waals surface area contributed by atoms with Crippen LogP contribution in [0.4, 0.5) is 8.78 Å². The second kappa shape index (κ2) is 8.20. The second-order valence-electron chi connectivity index (χ2n) is 7.11. The molecular weight excluding hydrogens is 378 g/mol. The molecule has 0 aromatic heterocycles. The van der Waals surface area contributed by atoms with E-state index in [4.69, 9.17) is 4.74 Å². The Labute approximate surface area is 158 Å². The number of carbonyl (C=O) groups excluding carboxylic acids is 1. The lowest BCUT2D eigenvalue weighted by molar-refractivity contribution is -0.136. The molecule has 2 heterocycles. The molecule has 1 atom stereocenters. The number of hydrogen-bond acceptors (Lipinski definition) is 4. The van der Waals surface area contributed by atoms with Gasteiger partial charge in [0.2, 0.25) is 15.9 Å². The van der Waals surface area contributed by atoms with Gasteiger partial charge in [0.1, 0.15) is 16.5 Å². The lowest BCUT2D eigenvalue weighted by atomic mass is 9.96. The fourth-order valence-electron chi connectivity index (χ4n) is 3.65. The Kier molecular flexibility index (Phi) is 6.12. The first-order valence-electron chi connectivity index (χ1n) is 9.11. The molecule has 1 aromatic carbocycles. The van der Waals surface area contributed by atoms with Crippen LogP contribution in [0.5, 0.6) is 0 Å². The smallest absolute Gasteiger partial charge is 0.246 e. The van der Waals surface area contributed by atoms with E-state index in [2.05, 4.69) is 0 Å². The average Bonchev–Trinajstić information content (AvgIpc) is 3.16. The average molecular weight is 402 g/mol. The third-order valence-electron chi connectivity index (χ3n) is 5.19. The van der Waals surface area contributed by atoms with Crippen LogP contribution in [-0.4, -0.2) is 62.9 Å². The van der Waals surface area contributed by atoms with E-state index in [1.165, 1.54) is 0 Å². The van der Waals surface area contributed by atoms with Crippen LogP contribution in [0, 0.1) is 17.6 Å². The maximum absolute atomic E-state index is 13.9. The van der Waals surface area contributed by atoms with Crippen molar-refractivity contribution >= 4 is 15.9 Å². The first-order chi connectivity index (χ1) is 12.8. The van der Waals surface area contributed by atoms with E-state index < -0.39 is 26.6 Å². The molecule has 1 aromatic rings. The summed E-state index contributed by atoms with van der Waals surface area (Å²) in [5.41, 5.74) is 0. The van der Waals surface area contributed by atoms with E-state index in [0.717, 1.165) is 35.9 Å². The normalized spacial score (nSPS) is 22.1. The van der Waals surface area contributed by atoms with Crippen molar-refractivity contribution in [3.8, 4) is 0 Å². The maximum atomic E-state index is 13.9. The monoisotopic (exact) mass is 402 g/mol. The molecule has 0 aliphatic carbocycles. The Balaban J connectivity index is 1.60. The molecule has 27 heavy (non-hydrogen) atoms. The molecule has 0 spiro atoms. The number of ether oxygens (including phenoxy) is 1. The first kappa shape index (κ1) is 20.2. The molecule has 2 saturated heterocycles. The Morgan fingerprint density at radius 2 is 1.96 bits per heavy atom. The summed E-state index contributed by atoms with van der Waals surface area (Å²) in [6, 6.07) is 2.37. The lowest BCUT2D eigenvalue weighted by Crippen LogP contribution is -2.45. The number of amides is 1. The molecule has 1 amide bonds. The molecule has 9 heteroatoms.